The van der Waals surface area contributed by atoms with Crippen molar-refractivity contribution in [2.24, 2.45) is 0 Å². The van der Waals surface area contributed by atoms with E-state index in [1.807, 2.05) is 75.4 Å². The van der Waals surface area contributed by atoms with Gasteiger partial charge in [-0.2, -0.15) is 4.98 Å². The maximum absolute atomic E-state index is 13.0. The van der Waals surface area contributed by atoms with Crippen LogP contribution in [0.4, 0.5) is 0 Å². The third-order valence-corrected chi connectivity index (χ3v) is 6.35. The second kappa shape index (κ2) is 9.20. The number of aromatic nitrogens is 4. The zero-order chi connectivity index (χ0) is 22.0. The largest absolute Gasteiger partial charge is 0.346 e. The predicted molar refractivity (Wildman–Crippen MR) is 126 cm³/mol. The number of fused-ring (bicyclic) bond motifs is 1. The zero-order valence-electron chi connectivity index (χ0n) is 17.5. The van der Waals surface area contributed by atoms with Gasteiger partial charge in [0.25, 0.3) is 11.7 Å². The minimum absolute atomic E-state index is 0.0947. The Balaban J connectivity index is 1.48. The highest BCUT2D eigenvalue weighted by Crippen LogP contribution is 2.24. The molecule has 8 heteroatoms. The molecule has 0 bridgehead atoms. The average molecular weight is 496 g/mol. The SMILES string of the molecule is Cc1cc(C)n2nc(SCc3ccccc3C(=O)NC(C)c3ccc(Br)cc3)nc2n1. The van der Waals surface area contributed by atoms with Gasteiger partial charge in [0.05, 0.1) is 6.04 Å². The summed E-state index contributed by atoms with van der Waals surface area (Å²) >= 11 is 4.94. The topological polar surface area (TPSA) is 72.2 Å². The number of halogens is 1. The quantitative estimate of drug-likeness (QED) is 0.368. The summed E-state index contributed by atoms with van der Waals surface area (Å²) in [6.45, 7) is 5.91. The van der Waals surface area contributed by atoms with Gasteiger partial charge < -0.3 is 5.32 Å². The first-order chi connectivity index (χ1) is 14.9. The summed E-state index contributed by atoms with van der Waals surface area (Å²) in [6, 6.07) is 17.5. The Morgan fingerprint density at radius 2 is 1.87 bits per heavy atom. The van der Waals surface area contributed by atoms with Crippen molar-refractivity contribution in [3.05, 3.63) is 87.1 Å². The molecule has 0 saturated carbocycles. The number of hydrogen-bond acceptors (Lipinski definition) is 5. The molecule has 0 aliphatic rings. The van der Waals surface area contributed by atoms with Gasteiger partial charge in [0.1, 0.15) is 0 Å². The second-order valence-electron chi connectivity index (χ2n) is 7.34. The zero-order valence-corrected chi connectivity index (χ0v) is 19.9. The molecule has 0 saturated heterocycles. The van der Waals surface area contributed by atoms with E-state index in [9.17, 15) is 4.79 Å². The maximum Gasteiger partial charge on any atom is 0.253 e. The highest BCUT2D eigenvalue weighted by atomic mass is 79.9. The third kappa shape index (κ3) is 4.97. The van der Waals surface area contributed by atoms with Crippen LogP contribution in [0.2, 0.25) is 0 Å². The molecule has 0 fully saturated rings. The molecule has 0 radical (unpaired) electrons. The van der Waals surface area contributed by atoms with Crippen molar-refractivity contribution in [2.45, 2.75) is 37.7 Å². The van der Waals surface area contributed by atoms with Crippen LogP contribution in [0.15, 0.2) is 64.2 Å². The summed E-state index contributed by atoms with van der Waals surface area (Å²) in [5.41, 5.74) is 4.55. The van der Waals surface area contributed by atoms with Crippen LogP contribution in [0.1, 0.15) is 45.8 Å². The molecule has 2 aromatic carbocycles. The molecule has 6 nitrogen and oxygen atoms in total. The number of aryl methyl sites for hydroxylation is 2. The molecule has 4 rings (SSSR count). The summed E-state index contributed by atoms with van der Waals surface area (Å²) in [7, 11) is 0. The predicted octanol–water partition coefficient (Wildman–Crippen LogP) is 5.29. The van der Waals surface area contributed by atoms with E-state index in [1.165, 1.54) is 11.8 Å². The lowest BCUT2D eigenvalue weighted by atomic mass is 10.1. The van der Waals surface area contributed by atoms with Crippen molar-refractivity contribution in [2.75, 3.05) is 0 Å². The highest BCUT2D eigenvalue weighted by Gasteiger charge is 2.16. The fourth-order valence-corrected chi connectivity index (χ4v) is 4.41. The van der Waals surface area contributed by atoms with E-state index in [1.54, 1.807) is 4.52 Å². The fraction of sp³-hybridized carbons (Fsp3) is 0.217. The summed E-state index contributed by atoms with van der Waals surface area (Å²) < 4.78 is 2.76. The molecule has 1 N–H and O–H groups in total. The van der Waals surface area contributed by atoms with Crippen LogP contribution >= 0.6 is 27.7 Å². The smallest absolute Gasteiger partial charge is 0.253 e. The average Bonchev–Trinajstić information content (AvgIpc) is 3.16. The minimum atomic E-state index is -0.0984. The van der Waals surface area contributed by atoms with Crippen LogP contribution in [-0.2, 0) is 5.75 Å². The van der Waals surface area contributed by atoms with Gasteiger partial charge in [-0.05, 0) is 56.2 Å². The van der Waals surface area contributed by atoms with Gasteiger partial charge in [-0.1, -0.05) is 58.0 Å². The molecule has 4 aromatic rings. The standard InChI is InChI=1S/C23H22BrN5OS/c1-14-12-15(2)29-22(25-14)27-23(28-29)31-13-18-6-4-5-7-20(18)21(30)26-16(3)17-8-10-19(24)11-9-17/h4-12,16H,13H2,1-3H3,(H,26,30). The second-order valence-corrected chi connectivity index (χ2v) is 9.20. The lowest BCUT2D eigenvalue weighted by Gasteiger charge is -2.16. The highest BCUT2D eigenvalue weighted by molar-refractivity contribution is 9.10. The Morgan fingerprint density at radius 3 is 2.65 bits per heavy atom. The van der Waals surface area contributed by atoms with Crippen molar-refractivity contribution >= 4 is 39.4 Å². The molecule has 31 heavy (non-hydrogen) atoms. The molecule has 2 heterocycles. The van der Waals surface area contributed by atoms with Crippen molar-refractivity contribution in [3.8, 4) is 0 Å². The van der Waals surface area contributed by atoms with Crippen LogP contribution in [-0.4, -0.2) is 25.5 Å². The molecule has 0 spiro atoms. The van der Waals surface area contributed by atoms with Gasteiger partial charge in [-0.25, -0.2) is 9.50 Å². The van der Waals surface area contributed by atoms with Crippen LogP contribution in [0.5, 0.6) is 0 Å². The third-order valence-electron chi connectivity index (χ3n) is 4.94. The fourth-order valence-electron chi connectivity index (χ4n) is 3.33. The number of amides is 1. The van der Waals surface area contributed by atoms with Gasteiger partial charge in [-0.3, -0.25) is 4.79 Å². The molecule has 158 valence electrons. The van der Waals surface area contributed by atoms with E-state index in [0.717, 1.165) is 27.0 Å². The van der Waals surface area contributed by atoms with Gasteiger partial charge >= 0.3 is 0 Å². The van der Waals surface area contributed by atoms with E-state index in [2.05, 4.69) is 36.3 Å². The molecule has 1 amide bonds. The number of nitrogens with one attached hydrogen (secondary N) is 1. The van der Waals surface area contributed by atoms with Gasteiger partial charge in [0.15, 0.2) is 0 Å². The Hall–Kier alpha value is -2.71. The summed E-state index contributed by atoms with van der Waals surface area (Å²) in [4.78, 5) is 21.9. The Morgan fingerprint density at radius 1 is 1.13 bits per heavy atom. The lowest BCUT2D eigenvalue weighted by Crippen LogP contribution is -2.27. The Kier molecular flexibility index (Phi) is 6.38. The number of benzene rings is 2. The number of rotatable bonds is 6. The van der Waals surface area contributed by atoms with Crippen molar-refractivity contribution in [1.29, 1.82) is 0 Å². The molecule has 1 unspecified atom stereocenters. The number of nitrogens with zero attached hydrogens (tertiary/aromatic N) is 4. The Bertz CT molecular complexity index is 1240. The van der Waals surface area contributed by atoms with E-state index in [-0.39, 0.29) is 11.9 Å². The van der Waals surface area contributed by atoms with Crippen molar-refractivity contribution in [3.63, 3.8) is 0 Å². The first-order valence-electron chi connectivity index (χ1n) is 9.89. The summed E-state index contributed by atoms with van der Waals surface area (Å²) in [5.74, 6) is 1.09. The lowest BCUT2D eigenvalue weighted by molar-refractivity contribution is 0.0939. The number of thioether (sulfide) groups is 1. The van der Waals surface area contributed by atoms with Crippen molar-refractivity contribution < 1.29 is 4.79 Å². The molecule has 0 aliphatic carbocycles. The van der Waals surface area contributed by atoms with Gasteiger partial charge in [-0.15, -0.1) is 5.10 Å². The monoisotopic (exact) mass is 495 g/mol. The molecule has 2 aromatic heterocycles. The van der Waals surface area contributed by atoms with Gasteiger partial charge in [0.2, 0.25) is 5.16 Å². The number of hydrogen-bond donors (Lipinski definition) is 1. The summed E-state index contributed by atoms with van der Waals surface area (Å²) in [5, 5.41) is 8.28. The van der Waals surface area contributed by atoms with Crippen LogP contribution < -0.4 is 5.32 Å². The molecular weight excluding hydrogens is 474 g/mol. The van der Waals surface area contributed by atoms with Crippen LogP contribution in [0, 0.1) is 13.8 Å². The molecule has 1 atom stereocenters. The van der Waals surface area contributed by atoms with Crippen molar-refractivity contribution in [1.82, 2.24) is 24.9 Å². The Labute approximate surface area is 193 Å². The number of carbonyl (C=O) groups excluding carboxylic acids is 1. The van der Waals surface area contributed by atoms with E-state index in [4.69, 9.17) is 0 Å². The molecular formula is C23H22BrN5OS. The summed E-state index contributed by atoms with van der Waals surface area (Å²) in [6.07, 6.45) is 0. The first-order valence-corrected chi connectivity index (χ1v) is 11.7. The van der Waals surface area contributed by atoms with E-state index in [0.29, 0.717) is 22.3 Å². The van der Waals surface area contributed by atoms with E-state index < -0.39 is 0 Å². The maximum atomic E-state index is 13.0. The van der Waals surface area contributed by atoms with Crippen LogP contribution in [0.3, 0.4) is 0 Å². The van der Waals surface area contributed by atoms with E-state index >= 15 is 0 Å². The molecule has 0 aliphatic heterocycles. The first kappa shape index (κ1) is 21.5. The van der Waals surface area contributed by atoms with Crippen LogP contribution in [0.25, 0.3) is 5.78 Å². The van der Waals surface area contributed by atoms with Gasteiger partial charge in [0, 0.05) is 27.2 Å². The minimum Gasteiger partial charge on any atom is -0.346 e. The normalized spacial score (nSPS) is 12.1. The number of carbonyl (C=O) groups is 1.